The fourth-order valence-corrected chi connectivity index (χ4v) is 9.73. The number of fused-ring (bicyclic) bond motifs is 5. The Balaban J connectivity index is 1.26. The highest BCUT2D eigenvalue weighted by Crippen LogP contribution is 2.68. The summed E-state index contributed by atoms with van der Waals surface area (Å²) in [5.41, 5.74) is 0.714. The highest BCUT2D eigenvalue weighted by atomic mass is 16.5. The third-order valence-electron chi connectivity index (χ3n) is 11.7. The normalized spacial score (nSPS) is 48.3. The van der Waals surface area contributed by atoms with Crippen LogP contribution in [0.15, 0.2) is 0 Å². The average molecular weight is 461 g/mol. The van der Waals surface area contributed by atoms with Crippen molar-refractivity contribution in [3.63, 3.8) is 0 Å². The van der Waals surface area contributed by atoms with Crippen molar-refractivity contribution in [3.05, 3.63) is 0 Å². The fourth-order valence-electron chi connectivity index (χ4n) is 9.73. The molecule has 5 rings (SSSR count). The lowest BCUT2D eigenvalue weighted by Crippen LogP contribution is -2.59. The maximum atomic E-state index is 11.6. The molecule has 188 valence electrons. The van der Waals surface area contributed by atoms with Crippen molar-refractivity contribution < 1.29 is 19.4 Å². The van der Waals surface area contributed by atoms with Gasteiger partial charge in [-0.1, -0.05) is 20.8 Å². The SMILES string of the molecule is CC(=O)CC[C@@H](C)[C@H]1CC[C@H]2[C@@H]3CC[C@H]4[C@@H](O)[C@@H](OCC5COC5)CC[C@]4(C)[C@H]3CC[C@]12C. The summed E-state index contributed by atoms with van der Waals surface area (Å²) in [6, 6.07) is 0. The van der Waals surface area contributed by atoms with Gasteiger partial charge < -0.3 is 19.4 Å². The first-order valence-corrected chi connectivity index (χ1v) is 14.1. The third kappa shape index (κ3) is 4.14. The number of aliphatic hydroxyl groups excluding tert-OH is 1. The van der Waals surface area contributed by atoms with Gasteiger partial charge in [0.15, 0.2) is 0 Å². The van der Waals surface area contributed by atoms with E-state index in [4.69, 9.17) is 9.47 Å². The van der Waals surface area contributed by atoms with E-state index in [-0.39, 0.29) is 17.6 Å². The summed E-state index contributed by atoms with van der Waals surface area (Å²) >= 11 is 0. The van der Waals surface area contributed by atoms with Crippen LogP contribution in [0.2, 0.25) is 0 Å². The van der Waals surface area contributed by atoms with E-state index in [1.165, 1.54) is 44.9 Å². The molecule has 0 aromatic rings. The molecule has 5 fully saturated rings. The number of carbonyl (C=O) groups excluding carboxylic acids is 1. The number of carbonyl (C=O) groups is 1. The van der Waals surface area contributed by atoms with Crippen molar-refractivity contribution in [2.45, 2.75) is 104 Å². The zero-order chi connectivity index (χ0) is 23.4. The summed E-state index contributed by atoms with van der Waals surface area (Å²) < 4.78 is 11.5. The molecule has 0 aromatic heterocycles. The summed E-state index contributed by atoms with van der Waals surface area (Å²) in [7, 11) is 0. The van der Waals surface area contributed by atoms with Gasteiger partial charge in [-0.15, -0.1) is 0 Å². The first kappa shape index (κ1) is 24.3. The fraction of sp³-hybridized carbons (Fsp3) is 0.966. The van der Waals surface area contributed by atoms with Crippen LogP contribution in [0.3, 0.4) is 0 Å². The van der Waals surface area contributed by atoms with E-state index in [1.54, 1.807) is 6.92 Å². The number of ether oxygens (including phenoxy) is 2. The minimum absolute atomic E-state index is 0.0204. The monoisotopic (exact) mass is 460 g/mol. The first-order chi connectivity index (χ1) is 15.7. The highest BCUT2D eigenvalue weighted by molar-refractivity contribution is 5.75. The van der Waals surface area contributed by atoms with Crippen LogP contribution in [0, 0.1) is 52.3 Å². The smallest absolute Gasteiger partial charge is 0.129 e. The topological polar surface area (TPSA) is 55.8 Å². The average Bonchev–Trinajstić information content (AvgIpc) is 3.10. The molecule has 0 spiro atoms. The van der Waals surface area contributed by atoms with E-state index in [0.29, 0.717) is 29.0 Å². The van der Waals surface area contributed by atoms with Gasteiger partial charge >= 0.3 is 0 Å². The Labute approximate surface area is 201 Å². The molecule has 4 nitrogen and oxygen atoms in total. The van der Waals surface area contributed by atoms with Crippen LogP contribution in [0.4, 0.5) is 0 Å². The Kier molecular flexibility index (Phi) is 6.77. The Bertz CT molecular complexity index is 718. The maximum absolute atomic E-state index is 11.6. The van der Waals surface area contributed by atoms with Crippen LogP contribution in [0.1, 0.15) is 91.9 Å². The molecule has 0 radical (unpaired) electrons. The quantitative estimate of drug-likeness (QED) is 0.533. The van der Waals surface area contributed by atoms with Gasteiger partial charge in [-0.3, -0.25) is 0 Å². The molecule has 1 saturated heterocycles. The highest BCUT2D eigenvalue weighted by Gasteiger charge is 2.62. The minimum atomic E-state index is -0.304. The lowest BCUT2D eigenvalue weighted by Gasteiger charge is -2.62. The van der Waals surface area contributed by atoms with Crippen LogP contribution >= 0.6 is 0 Å². The van der Waals surface area contributed by atoms with Gasteiger partial charge in [0.05, 0.1) is 32.0 Å². The molecule has 0 aromatic carbocycles. The maximum Gasteiger partial charge on any atom is 0.129 e. The van der Waals surface area contributed by atoms with E-state index in [9.17, 15) is 9.90 Å². The molecule has 33 heavy (non-hydrogen) atoms. The van der Waals surface area contributed by atoms with Crippen LogP contribution < -0.4 is 0 Å². The number of rotatable bonds is 7. The van der Waals surface area contributed by atoms with E-state index >= 15 is 0 Å². The Morgan fingerprint density at radius 2 is 1.70 bits per heavy atom. The van der Waals surface area contributed by atoms with E-state index in [0.717, 1.165) is 62.8 Å². The second kappa shape index (κ2) is 9.21. The molecular formula is C29H48O4. The van der Waals surface area contributed by atoms with Crippen LogP contribution in [0.25, 0.3) is 0 Å². The molecule has 0 unspecified atom stereocenters. The van der Waals surface area contributed by atoms with Crippen molar-refractivity contribution in [3.8, 4) is 0 Å². The summed E-state index contributed by atoms with van der Waals surface area (Å²) in [6.45, 7) is 11.7. The number of Topliss-reactive ketones (excluding diaryl/α,β-unsaturated/α-hetero) is 1. The summed E-state index contributed by atoms with van der Waals surface area (Å²) in [5.74, 6) is 5.13. The third-order valence-corrected chi connectivity index (χ3v) is 11.7. The Hall–Kier alpha value is -0.450. The summed E-state index contributed by atoms with van der Waals surface area (Å²) in [4.78, 5) is 11.6. The van der Waals surface area contributed by atoms with Crippen molar-refractivity contribution in [2.24, 2.45) is 52.3 Å². The van der Waals surface area contributed by atoms with Gasteiger partial charge in [-0.05, 0) is 111 Å². The zero-order valence-electron chi connectivity index (χ0n) is 21.6. The number of hydrogen-bond donors (Lipinski definition) is 1. The molecule has 10 atom stereocenters. The second-order valence-corrected chi connectivity index (χ2v) is 13.3. The molecule has 1 aliphatic heterocycles. The first-order valence-electron chi connectivity index (χ1n) is 14.1. The van der Waals surface area contributed by atoms with E-state index in [1.807, 2.05) is 0 Å². The molecule has 0 amide bonds. The number of ketones is 1. The number of aliphatic hydroxyl groups is 1. The van der Waals surface area contributed by atoms with Crippen molar-refractivity contribution >= 4 is 5.78 Å². The van der Waals surface area contributed by atoms with Gasteiger partial charge in [0.2, 0.25) is 0 Å². The van der Waals surface area contributed by atoms with Crippen molar-refractivity contribution in [1.82, 2.24) is 0 Å². The molecular weight excluding hydrogens is 412 g/mol. The second-order valence-electron chi connectivity index (χ2n) is 13.3. The molecule has 5 aliphatic rings. The van der Waals surface area contributed by atoms with Gasteiger partial charge in [-0.25, -0.2) is 0 Å². The number of hydrogen-bond acceptors (Lipinski definition) is 4. The van der Waals surface area contributed by atoms with Crippen LogP contribution in [-0.2, 0) is 14.3 Å². The molecule has 4 aliphatic carbocycles. The van der Waals surface area contributed by atoms with Crippen LogP contribution in [0.5, 0.6) is 0 Å². The van der Waals surface area contributed by atoms with Crippen LogP contribution in [-0.4, -0.2) is 42.9 Å². The van der Waals surface area contributed by atoms with Crippen molar-refractivity contribution in [2.75, 3.05) is 19.8 Å². The molecule has 0 bridgehead atoms. The summed E-state index contributed by atoms with van der Waals surface area (Å²) in [6.07, 6.45) is 11.6. The van der Waals surface area contributed by atoms with Gasteiger partial charge in [0, 0.05) is 12.3 Å². The molecule has 4 heteroatoms. The lowest BCUT2D eigenvalue weighted by atomic mass is 9.44. The summed E-state index contributed by atoms with van der Waals surface area (Å²) in [5, 5.41) is 11.4. The predicted molar refractivity (Wildman–Crippen MR) is 130 cm³/mol. The standard InChI is InChI=1S/C29H48O4/c1-18(5-6-19(2)30)22-9-10-23-21-7-8-25-27(31)26(33-17-20-15-32-16-20)12-14-29(25,4)24(21)11-13-28(22,23)3/h18,20-27,31H,5-17H2,1-4H3/t18-,21+,22-,23+,24+,25+,26+,27-,28-,29-/m1/s1. The van der Waals surface area contributed by atoms with Crippen molar-refractivity contribution in [1.29, 1.82) is 0 Å². The molecule has 1 N–H and O–H groups in total. The zero-order valence-corrected chi connectivity index (χ0v) is 21.6. The Morgan fingerprint density at radius 3 is 2.39 bits per heavy atom. The lowest BCUT2D eigenvalue weighted by molar-refractivity contribution is -0.194. The predicted octanol–water partition coefficient (Wildman–Crippen LogP) is 5.65. The minimum Gasteiger partial charge on any atom is -0.390 e. The Morgan fingerprint density at radius 1 is 1.00 bits per heavy atom. The molecule has 1 heterocycles. The largest absolute Gasteiger partial charge is 0.390 e. The molecule has 4 saturated carbocycles. The van der Waals surface area contributed by atoms with E-state index < -0.39 is 0 Å². The van der Waals surface area contributed by atoms with Gasteiger partial charge in [0.1, 0.15) is 5.78 Å². The van der Waals surface area contributed by atoms with Gasteiger partial charge in [0.25, 0.3) is 0 Å². The van der Waals surface area contributed by atoms with E-state index in [2.05, 4.69) is 20.8 Å². The van der Waals surface area contributed by atoms with Gasteiger partial charge in [-0.2, -0.15) is 0 Å².